The number of oxime groups is 1. The maximum atomic E-state index is 13.3. The van der Waals surface area contributed by atoms with E-state index in [1.165, 1.54) is 25.0 Å². The quantitative estimate of drug-likeness (QED) is 0.881. The van der Waals surface area contributed by atoms with Gasteiger partial charge < -0.3 is 15.1 Å². The normalized spacial score (nSPS) is 18.9. The molecule has 1 fully saturated rings. The second-order valence-electron chi connectivity index (χ2n) is 6.78. The van der Waals surface area contributed by atoms with Crippen LogP contribution in [0.2, 0.25) is 0 Å². The molecule has 7 heteroatoms. The number of carbonyl (C=O) groups is 1. The Balaban J connectivity index is 1.29. The van der Waals surface area contributed by atoms with Gasteiger partial charge in [0.25, 0.3) is 5.91 Å². The summed E-state index contributed by atoms with van der Waals surface area (Å²) >= 11 is 0. The topological polar surface area (TPSA) is 66.8 Å². The minimum Gasteiger partial charge on any atom is -0.382 e. The molecule has 0 radical (unpaired) electrons. The van der Waals surface area contributed by atoms with E-state index in [1.807, 2.05) is 12.1 Å². The van der Waals surface area contributed by atoms with Crippen molar-refractivity contribution in [2.45, 2.75) is 31.9 Å². The number of hydrogen-bond donors (Lipinski definition) is 1. The zero-order valence-corrected chi connectivity index (χ0v) is 14.9. The van der Waals surface area contributed by atoms with Crippen LogP contribution in [-0.2, 0) is 16.2 Å². The summed E-state index contributed by atoms with van der Waals surface area (Å²) in [5.41, 5.74) is 2.13. The molecule has 0 saturated carbocycles. The van der Waals surface area contributed by atoms with Crippen molar-refractivity contribution < 1.29 is 14.0 Å². The average molecular weight is 368 g/mol. The highest BCUT2D eigenvalue weighted by atomic mass is 19.1. The number of aromatic nitrogens is 1. The Labute approximate surface area is 157 Å². The van der Waals surface area contributed by atoms with Gasteiger partial charge in [0.05, 0.1) is 5.71 Å². The molecular weight excluding hydrogens is 347 g/mol. The summed E-state index contributed by atoms with van der Waals surface area (Å²) in [4.78, 5) is 24.3. The number of rotatable bonds is 5. The number of carbonyl (C=O) groups excluding carboxylic acids is 1. The van der Waals surface area contributed by atoms with Crippen LogP contribution in [0.3, 0.4) is 0 Å². The molecule has 1 aromatic heterocycles. The van der Waals surface area contributed by atoms with Gasteiger partial charge in [0.2, 0.25) is 6.10 Å². The average Bonchev–Trinajstić information content (AvgIpc) is 3.38. The Bertz CT molecular complexity index is 847. The SMILES string of the molecule is O=C(NCc1ccc(N2CCCC2)nc1)C1CC(c2cccc(F)c2)=NO1. The maximum Gasteiger partial charge on any atom is 0.264 e. The van der Waals surface area contributed by atoms with E-state index in [0.29, 0.717) is 24.2 Å². The Hall–Kier alpha value is -2.96. The molecule has 0 bridgehead atoms. The third-order valence-corrected chi connectivity index (χ3v) is 4.83. The summed E-state index contributed by atoms with van der Waals surface area (Å²) in [6, 6.07) is 10.1. The molecule has 1 atom stereocenters. The molecule has 4 rings (SSSR count). The number of benzene rings is 1. The van der Waals surface area contributed by atoms with E-state index < -0.39 is 6.10 Å². The van der Waals surface area contributed by atoms with E-state index in [1.54, 1.807) is 18.3 Å². The lowest BCUT2D eigenvalue weighted by Crippen LogP contribution is -2.34. The molecule has 0 spiro atoms. The molecule has 1 saturated heterocycles. The van der Waals surface area contributed by atoms with E-state index in [4.69, 9.17) is 4.84 Å². The molecule has 1 aromatic carbocycles. The van der Waals surface area contributed by atoms with Crippen LogP contribution in [0.15, 0.2) is 47.8 Å². The Morgan fingerprint density at radius 1 is 1.26 bits per heavy atom. The van der Waals surface area contributed by atoms with E-state index in [0.717, 1.165) is 24.5 Å². The lowest BCUT2D eigenvalue weighted by molar-refractivity contribution is -0.131. The predicted octanol–water partition coefficient (Wildman–Crippen LogP) is 2.63. The minimum atomic E-state index is -0.694. The first-order chi connectivity index (χ1) is 13.2. The highest BCUT2D eigenvalue weighted by Crippen LogP contribution is 2.19. The summed E-state index contributed by atoms with van der Waals surface area (Å²) in [5, 5.41) is 6.78. The van der Waals surface area contributed by atoms with Crippen molar-refractivity contribution in [3.8, 4) is 0 Å². The second-order valence-corrected chi connectivity index (χ2v) is 6.78. The third-order valence-electron chi connectivity index (χ3n) is 4.83. The van der Waals surface area contributed by atoms with Crippen molar-refractivity contribution in [3.05, 3.63) is 59.5 Å². The van der Waals surface area contributed by atoms with Gasteiger partial charge in [-0.3, -0.25) is 4.79 Å². The largest absolute Gasteiger partial charge is 0.382 e. The Kier molecular flexibility index (Phi) is 5.00. The van der Waals surface area contributed by atoms with Gasteiger partial charge in [-0.05, 0) is 36.6 Å². The molecule has 2 aliphatic heterocycles. The first-order valence-corrected chi connectivity index (χ1v) is 9.15. The maximum absolute atomic E-state index is 13.3. The van der Waals surface area contributed by atoms with Crippen molar-refractivity contribution in [2.24, 2.45) is 5.16 Å². The van der Waals surface area contributed by atoms with Crippen LogP contribution in [0.5, 0.6) is 0 Å². The minimum absolute atomic E-state index is 0.242. The number of pyridine rings is 1. The lowest BCUT2D eigenvalue weighted by atomic mass is 10.0. The molecule has 27 heavy (non-hydrogen) atoms. The van der Waals surface area contributed by atoms with Crippen LogP contribution in [0.25, 0.3) is 0 Å². The van der Waals surface area contributed by atoms with E-state index >= 15 is 0 Å². The first-order valence-electron chi connectivity index (χ1n) is 9.15. The van der Waals surface area contributed by atoms with Crippen molar-refractivity contribution in [3.63, 3.8) is 0 Å². The third kappa shape index (κ3) is 4.07. The zero-order valence-electron chi connectivity index (χ0n) is 14.9. The van der Waals surface area contributed by atoms with Crippen LogP contribution in [0.4, 0.5) is 10.2 Å². The molecule has 2 aliphatic rings. The number of nitrogens with one attached hydrogen (secondary N) is 1. The fourth-order valence-corrected chi connectivity index (χ4v) is 3.31. The van der Waals surface area contributed by atoms with Crippen molar-refractivity contribution in [1.29, 1.82) is 0 Å². The molecular formula is C20H21FN4O2. The van der Waals surface area contributed by atoms with Crippen molar-refractivity contribution in [1.82, 2.24) is 10.3 Å². The number of hydrogen-bond acceptors (Lipinski definition) is 5. The molecule has 1 N–H and O–H groups in total. The predicted molar refractivity (Wildman–Crippen MR) is 100.0 cm³/mol. The highest BCUT2D eigenvalue weighted by molar-refractivity contribution is 6.04. The van der Waals surface area contributed by atoms with Crippen LogP contribution < -0.4 is 10.2 Å². The summed E-state index contributed by atoms with van der Waals surface area (Å²) in [6.07, 6.45) is 3.83. The van der Waals surface area contributed by atoms with Gasteiger partial charge in [-0.2, -0.15) is 0 Å². The van der Waals surface area contributed by atoms with Crippen LogP contribution in [0.1, 0.15) is 30.4 Å². The van der Waals surface area contributed by atoms with Gasteiger partial charge in [0.1, 0.15) is 11.6 Å². The number of halogens is 1. The van der Waals surface area contributed by atoms with Crippen molar-refractivity contribution in [2.75, 3.05) is 18.0 Å². The van der Waals surface area contributed by atoms with Gasteiger partial charge >= 0.3 is 0 Å². The fourth-order valence-electron chi connectivity index (χ4n) is 3.31. The standard InChI is InChI=1S/C20H21FN4O2/c21-16-5-3-4-15(10-16)17-11-18(27-24-17)20(26)23-13-14-6-7-19(22-12-14)25-8-1-2-9-25/h3-7,10,12,18H,1-2,8-9,11,13H2,(H,23,26). The summed E-state index contributed by atoms with van der Waals surface area (Å²) in [6.45, 7) is 2.48. The summed E-state index contributed by atoms with van der Waals surface area (Å²) < 4.78 is 13.3. The molecule has 0 aliphatic carbocycles. The Morgan fingerprint density at radius 3 is 2.85 bits per heavy atom. The fraction of sp³-hybridized carbons (Fsp3) is 0.350. The summed E-state index contributed by atoms with van der Waals surface area (Å²) in [7, 11) is 0. The Morgan fingerprint density at radius 2 is 2.11 bits per heavy atom. The molecule has 1 amide bonds. The van der Waals surface area contributed by atoms with Crippen LogP contribution in [0, 0.1) is 5.82 Å². The summed E-state index contributed by atoms with van der Waals surface area (Å²) in [5.74, 6) is 0.400. The smallest absolute Gasteiger partial charge is 0.264 e. The van der Waals surface area contributed by atoms with E-state index in [-0.39, 0.29) is 11.7 Å². The van der Waals surface area contributed by atoms with Crippen LogP contribution in [-0.4, -0.2) is 35.8 Å². The molecule has 2 aromatic rings. The van der Waals surface area contributed by atoms with Gasteiger partial charge in [0, 0.05) is 37.8 Å². The van der Waals surface area contributed by atoms with Gasteiger partial charge in [0.15, 0.2) is 0 Å². The number of amides is 1. The number of anilines is 1. The molecule has 1 unspecified atom stereocenters. The molecule has 3 heterocycles. The zero-order chi connectivity index (χ0) is 18.6. The number of nitrogens with zero attached hydrogens (tertiary/aromatic N) is 3. The van der Waals surface area contributed by atoms with Gasteiger partial charge in [-0.15, -0.1) is 0 Å². The van der Waals surface area contributed by atoms with E-state index in [2.05, 4.69) is 20.4 Å². The first kappa shape index (κ1) is 17.5. The van der Waals surface area contributed by atoms with E-state index in [9.17, 15) is 9.18 Å². The highest BCUT2D eigenvalue weighted by Gasteiger charge is 2.28. The van der Waals surface area contributed by atoms with Crippen molar-refractivity contribution >= 4 is 17.4 Å². The monoisotopic (exact) mass is 368 g/mol. The molecule has 140 valence electrons. The molecule has 6 nitrogen and oxygen atoms in total. The van der Waals surface area contributed by atoms with Gasteiger partial charge in [-0.25, -0.2) is 9.37 Å². The lowest BCUT2D eigenvalue weighted by Gasteiger charge is -2.16. The van der Waals surface area contributed by atoms with Gasteiger partial charge in [-0.1, -0.05) is 23.4 Å². The second kappa shape index (κ2) is 7.73. The van der Waals surface area contributed by atoms with Crippen LogP contribution >= 0.6 is 0 Å².